The Balaban J connectivity index is 1.37. The number of aryl methyl sites for hydroxylation is 2. The van der Waals surface area contributed by atoms with Gasteiger partial charge in [-0.1, -0.05) is 0 Å². The molecule has 0 spiro atoms. The average Bonchev–Trinajstić information content (AvgIpc) is 3.13. The largest absolute Gasteiger partial charge is 0.358 e. The number of benzene rings is 2. The number of fused-ring (bicyclic) bond motifs is 1. The van der Waals surface area contributed by atoms with Gasteiger partial charge in [-0.05, 0) is 50.2 Å². The van der Waals surface area contributed by atoms with Crippen molar-refractivity contribution < 1.29 is 13.5 Å². The zero-order chi connectivity index (χ0) is 19.4. The molecule has 0 amide bonds. The van der Waals surface area contributed by atoms with Crippen molar-refractivity contribution in [2.24, 2.45) is 0 Å². The van der Waals surface area contributed by atoms with Crippen molar-refractivity contribution in [2.75, 3.05) is 5.32 Å². The number of aromatic nitrogens is 2. The minimum absolute atomic E-state index is 0.0232. The third-order valence-electron chi connectivity index (χ3n) is 4.55. The Labute approximate surface area is 167 Å². The molecule has 1 aliphatic rings. The highest BCUT2D eigenvalue weighted by Gasteiger charge is 2.42. The van der Waals surface area contributed by atoms with Crippen LogP contribution in [0.2, 0.25) is 0 Å². The molecule has 2 aromatic heterocycles. The normalized spacial score (nSPS) is 18.6. The minimum atomic E-state index is -0.871. The number of epoxide rings is 1. The Morgan fingerprint density at radius 2 is 1.86 bits per heavy atom. The van der Waals surface area contributed by atoms with E-state index in [0.29, 0.717) is 10.6 Å². The van der Waals surface area contributed by atoms with E-state index in [0.717, 1.165) is 37.5 Å². The molecule has 2 aromatic carbocycles. The van der Waals surface area contributed by atoms with Gasteiger partial charge in [-0.15, -0.1) is 22.7 Å². The van der Waals surface area contributed by atoms with Crippen LogP contribution in [0.4, 0.5) is 14.5 Å². The number of nitrogens with zero attached hydrogens (tertiary/aromatic N) is 2. The smallest absolute Gasteiger partial charge is 0.160 e. The lowest BCUT2D eigenvalue weighted by Crippen LogP contribution is -2.04. The first-order chi connectivity index (χ1) is 13.5. The zero-order valence-corrected chi connectivity index (χ0v) is 16.6. The van der Waals surface area contributed by atoms with Gasteiger partial charge in [0, 0.05) is 11.3 Å². The molecule has 8 heteroatoms. The van der Waals surface area contributed by atoms with E-state index in [-0.39, 0.29) is 12.3 Å². The third kappa shape index (κ3) is 3.17. The van der Waals surface area contributed by atoms with Crippen molar-refractivity contribution in [3.05, 3.63) is 63.6 Å². The predicted molar refractivity (Wildman–Crippen MR) is 108 cm³/mol. The predicted octanol–water partition coefficient (Wildman–Crippen LogP) is 5.82. The van der Waals surface area contributed by atoms with Crippen molar-refractivity contribution >= 4 is 38.6 Å². The van der Waals surface area contributed by atoms with Gasteiger partial charge in [0.15, 0.2) is 17.9 Å². The second kappa shape index (κ2) is 6.58. The fourth-order valence-corrected chi connectivity index (χ4v) is 5.10. The number of halogens is 2. The van der Waals surface area contributed by atoms with E-state index >= 15 is 0 Å². The van der Waals surface area contributed by atoms with Gasteiger partial charge >= 0.3 is 0 Å². The third-order valence-corrected chi connectivity index (χ3v) is 6.77. The van der Waals surface area contributed by atoms with Crippen LogP contribution in [0.15, 0.2) is 36.4 Å². The van der Waals surface area contributed by atoms with E-state index in [1.165, 1.54) is 23.5 Å². The number of hydrogen-bond acceptors (Lipinski definition) is 6. The van der Waals surface area contributed by atoms with E-state index in [1.54, 1.807) is 11.3 Å². The molecule has 3 heterocycles. The van der Waals surface area contributed by atoms with E-state index in [1.807, 2.05) is 32.0 Å². The number of rotatable bonds is 4. The lowest BCUT2D eigenvalue weighted by Gasteiger charge is -2.02. The first-order valence-electron chi connectivity index (χ1n) is 8.70. The van der Waals surface area contributed by atoms with Crippen LogP contribution in [0.5, 0.6) is 0 Å². The molecule has 1 saturated heterocycles. The molecule has 28 heavy (non-hydrogen) atoms. The molecular weight excluding hydrogens is 400 g/mol. The monoisotopic (exact) mass is 415 g/mol. The first-order valence-corrected chi connectivity index (χ1v) is 10.3. The van der Waals surface area contributed by atoms with Crippen LogP contribution in [0.25, 0.3) is 20.8 Å². The maximum absolute atomic E-state index is 13.5. The summed E-state index contributed by atoms with van der Waals surface area (Å²) < 4.78 is 33.4. The summed E-state index contributed by atoms with van der Waals surface area (Å²) in [5.74, 6) is -1.73. The molecule has 0 bridgehead atoms. The van der Waals surface area contributed by atoms with Gasteiger partial charge in [-0.2, -0.15) is 0 Å². The Morgan fingerprint density at radius 3 is 2.61 bits per heavy atom. The van der Waals surface area contributed by atoms with Gasteiger partial charge < -0.3 is 10.1 Å². The number of nitrogens with one attached hydrogen (secondary N) is 1. The maximum Gasteiger partial charge on any atom is 0.160 e. The van der Waals surface area contributed by atoms with Crippen molar-refractivity contribution in [1.29, 1.82) is 0 Å². The molecule has 5 rings (SSSR count). The summed E-state index contributed by atoms with van der Waals surface area (Å²) in [7, 11) is 0. The molecule has 4 nitrogen and oxygen atoms in total. The number of thiazole rings is 2. The van der Waals surface area contributed by atoms with Gasteiger partial charge in [0.2, 0.25) is 0 Å². The molecular formula is C20H15F2N3OS2. The summed E-state index contributed by atoms with van der Waals surface area (Å²) in [5.41, 5.74) is 3.29. The minimum Gasteiger partial charge on any atom is -0.358 e. The average molecular weight is 415 g/mol. The molecule has 2 atom stereocenters. The van der Waals surface area contributed by atoms with Crippen LogP contribution >= 0.6 is 22.7 Å². The van der Waals surface area contributed by atoms with Gasteiger partial charge in [-0.3, -0.25) is 0 Å². The second-order valence-electron chi connectivity index (χ2n) is 6.63. The van der Waals surface area contributed by atoms with Gasteiger partial charge in [0.1, 0.15) is 11.1 Å². The highest BCUT2D eigenvalue weighted by Crippen LogP contribution is 2.43. The highest BCUT2D eigenvalue weighted by atomic mass is 32.1. The van der Waals surface area contributed by atoms with Crippen LogP contribution < -0.4 is 5.32 Å². The van der Waals surface area contributed by atoms with Crippen molar-refractivity contribution in [3.63, 3.8) is 0 Å². The molecule has 0 radical (unpaired) electrons. The molecule has 2 unspecified atom stereocenters. The van der Waals surface area contributed by atoms with Crippen molar-refractivity contribution in [2.45, 2.75) is 26.2 Å². The Hall–Kier alpha value is -2.42. The van der Waals surface area contributed by atoms with Crippen LogP contribution in [0.3, 0.4) is 0 Å². The van der Waals surface area contributed by atoms with Gasteiger partial charge in [0.25, 0.3) is 0 Å². The Bertz CT molecular complexity index is 1200. The van der Waals surface area contributed by atoms with Gasteiger partial charge in [-0.25, -0.2) is 18.7 Å². The number of ether oxygens (including phenoxy) is 1. The van der Waals surface area contributed by atoms with Crippen LogP contribution in [-0.2, 0) is 4.74 Å². The molecule has 4 aromatic rings. The molecule has 142 valence electrons. The standard InChI is InChI=1S/C20H15F2N3OS2/c1-9-18(27-10(2)23-9)17-19(26-17)24-12-4-6-16-15(8-12)25-20(28-16)11-3-5-13(21)14(22)7-11/h3-8,17,19,24H,1-2H3. The van der Waals surface area contributed by atoms with Crippen molar-refractivity contribution in [3.8, 4) is 10.6 Å². The zero-order valence-electron chi connectivity index (χ0n) is 15.0. The summed E-state index contributed by atoms with van der Waals surface area (Å²) in [6.07, 6.45) is -0.0598. The summed E-state index contributed by atoms with van der Waals surface area (Å²) in [5, 5.41) is 5.06. The summed E-state index contributed by atoms with van der Waals surface area (Å²) in [6.45, 7) is 3.99. The van der Waals surface area contributed by atoms with E-state index in [2.05, 4.69) is 15.3 Å². The van der Waals surface area contributed by atoms with E-state index in [4.69, 9.17) is 4.74 Å². The Kier molecular flexibility index (Phi) is 4.15. The Morgan fingerprint density at radius 1 is 1.00 bits per heavy atom. The maximum atomic E-state index is 13.5. The summed E-state index contributed by atoms with van der Waals surface area (Å²) in [4.78, 5) is 10.2. The molecule has 1 fully saturated rings. The van der Waals surface area contributed by atoms with Crippen molar-refractivity contribution in [1.82, 2.24) is 9.97 Å². The molecule has 0 saturated carbocycles. The number of anilines is 1. The lowest BCUT2D eigenvalue weighted by molar-refractivity contribution is 0.388. The second-order valence-corrected chi connectivity index (χ2v) is 8.90. The fourth-order valence-electron chi connectivity index (χ4n) is 3.17. The summed E-state index contributed by atoms with van der Waals surface area (Å²) in [6, 6.07) is 9.72. The van der Waals surface area contributed by atoms with Crippen LogP contribution in [0.1, 0.15) is 21.7 Å². The number of hydrogen-bond donors (Lipinski definition) is 1. The SMILES string of the molecule is Cc1nc(C)c(C2OC2Nc2ccc3sc(-c4ccc(F)c(F)c4)nc3c2)s1. The van der Waals surface area contributed by atoms with E-state index < -0.39 is 11.6 Å². The molecule has 0 aliphatic carbocycles. The lowest BCUT2D eigenvalue weighted by atomic mass is 10.2. The van der Waals surface area contributed by atoms with Gasteiger partial charge in [0.05, 0.1) is 25.8 Å². The quantitative estimate of drug-likeness (QED) is 0.427. The fraction of sp³-hybridized carbons (Fsp3) is 0.200. The van der Waals surface area contributed by atoms with Crippen LogP contribution in [0, 0.1) is 25.5 Å². The highest BCUT2D eigenvalue weighted by molar-refractivity contribution is 7.21. The topological polar surface area (TPSA) is 50.3 Å². The van der Waals surface area contributed by atoms with Crippen LogP contribution in [-0.4, -0.2) is 16.2 Å². The molecule has 1 aliphatic heterocycles. The summed E-state index contributed by atoms with van der Waals surface area (Å²) >= 11 is 3.11. The molecule has 1 N–H and O–H groups in total. The first kappa shape index (κ1) is 17.7. The van der Waals surface area contributed by atoms with E-state index in [9.17, 15) is 8.78 Å².